The topological polar surface area (TPSA) is 3.24 Å². The van der Waals surface area contributed by atoms with Crippen molar-refractivity contribution in [3.05, 3.63) is 0 Å². The smallest absolute Gasteiger partial charge is 0.0176 e. The molecule has 0 aromatic carbocycles. The van der Waals surface area contributed by atoms with Crippen LogP contribution < -0.4 is 0 Å². The van der Waals surface area contributed by atoms with E-state index < -0.39 is 0 Å². The van der Waals surface area contributed by atoms with Gasteiger partial charge in [0.15, 0.2) is 0 Å². The Balaban J connectivity index is 2.63. The molecule has 1 nitrogen and oxygen atoms in total. The average Bonchev–Trinajstić information content (AvgIpc) is 2.37. The van der Waals surface area contributed by atoms with E-state index in [0.717, 1.165) is 17.8 Å². The van der Waals surface area contributed by atoms with Crippen LogP contribution in [0.1, 0.15) is 74.7 Å². The van der Waals surface area contributed by atoms with Gasteiger partial charge in [-0.25, -0.2) is 0 Å². The molecule has 1 aliphatic rings. The Hall–Kier alpha value is -0.0400. The van der Waals surface area contributed by atoms with Gasteiger partial charge in [0, 0.05) is 5.54 Å². The Morgan fingerprint density at radius 1 is 1.00 bits per heavy atom. The molecule has 0 saturated carbocycles. The van der Waals surface area contributed by atoms with Gasteiger partial charge >= 0.3 is 0 Å². The first kappa shape index (κ1) is 17.0. The van der Waals surface area contributed by atoms with Crippen molar-refractivity contribution in [1.82, 2.24) is 4.90 Å². The van der Waals surface area contributed by atoms with Crippen LogP contribution in [0.3, 0.4) is 0 Å². The molecule has 1 saturated heterocycles. The van der Waals surface area contributed by atoms with Gasteiger partial charge in [0.1, 0.15) is 0 Å². The van der Waals surface area contributed by atoms with E-state index in [2.05, 4.69) is 60.3 Å². The minimum absolute atomic E-state index is 0.353. The number of rotatable bonds is 5. The fraction of sp³-hybridized carbons (Fsp3) is 1.00. The van der Waals surface area contributed by atoms with Crippen LogP contribution in [0.5, 0.6) is 0 Å². The molecule has 1 atom stereocenters. The predicted molar refractivity (Wildman–Crippen MR) is 86.5 cm³/mol. The maximum absolute atomic E-state index is 2.72. The standard InChI is InChI=1S/C18H37N/c1-9-15(4)17(5,6)16-10-12-19(13-11-16)18(7,8)14(2)3/h14-16H,9-13H2,1-8H3. The van der Waals surface area contributed by atoms with E-state index in [9.17, 15) is 0 Å². The molecule has 1 rings (SSSR count). The van der Waals surface area contributed by atoms with Crippen LogP contribution >= 0.6 is 0 Å². The second-order valence-corrected chi connectivity index (χ2v) is 8.20. The molecule has 0 aromatic heterocycles. The lowest BCUT2D eigenvalue weighted by atomic mass is 9.65. The molecule has 1 aliphatic heterocycles. The number of hydrogen-bond donors (Lipinski definition) is 0. The van der Waals surface area contributed by atoms with Gasteiger partial charge in [-0.15, -0.1) is 0 Å². The molecule has 114 valence electrons. The summed E-state index contributed by atoms with van der Waals surface area (Å²) in [7, 11) is 0. The Labute approximate surface area is 122 Å². The van der Waals surface area contributed by atoms with Gasteiger partial charge in [0.05, 0.1) is 0 Å². The van der Waals surface area contributed by atoms with Gasteiger partial charge in [-0.3, -0.25) is 4.90 Å². The predicted octanol–water partition coefficient (Wildman–Crippen LogP) is 5.21. The Morgan fingerprint density at radius 3 is 1.84 bits per heavy atom. The summed E-state index contributed by atoms with van der Waals surface area (Å²) in [4.78, 5) is 2.72. The third-order valence-corrected chi connectivity index (χ3v) is 6.66. The molecule has 1 heterocycles. The van der Waals surface area contributed by atoms with Gasteiger partial charge in [0.25, 0.3) is 0 Å². The van der Waals surface area contributed by atoms with Crippen LogP contribution in [0, 0.1) is 23.2 Å². The van der Waals surface area contributed by atoms with Gasteiger partial charge in [-0.05, 0) is 62.9 Å². The maximum atomic E-state index is 2.72. The van der Waals surface area contributed by atoms with Crippen molar-refractivity contribution >= 4 is 0 Å². The molecule has 0 amide bonds. The van der Waals surface area contributed by atoms with Crippen molar-refractivity contribution in [1.29, 1.82) is 0 Å². The lowest BCUT2D eigenvalue weighted by Crippen LogP contribution is -2.52. The molecular formula is C18H37N. The summed E-state index contributed by atoms with van der Waals surface area (Å²) in [5, 5.41) is 0. The SMILES string of the molecule is CCC(C)C(C)(C)C1CCN(C(C)(C)C(C)C)CC1. The summed E-state index contributed by atoms with van der Waals surface area (Å²) >= 11 is 0. The Morgan fingerprint density at radius 2 is 1.47 bits per heavy atom. The van der Waals surface area contributed by atoms with Crippen molar-refractivity contribution in [3.63, 3.8) is 0 Å². The first-order valence-electron chi connectivity index (χ1n) is 8.39. The average molecular weight is 268 g/mol. The lowest BCUT2D eigenvalue weighted by molar-refractivity contribution is 0.000632. The van der Waals surface area contributed by atoms with E-state index in [1.54, 1.807) is 0 Å². The summed E-state index contributed by atoms with van der Waals surface area (Å²) in [6.45, 7) is 21.9. The largest absolute Gasteiger partial charge is 0.298 e. The van der Waals surface area contributed by atoms with Crippen molar-refractivity contribution in [2.75, 3.05) is 13.1 Å². The van der Waals surface area contributed by atoms with E-state index in [4.69, 9.17) is 0 Å². The second kappa shape index (κ2) is 6.16. The summed E-state index contributed by atoms with van der Waals surface area (Å²) < 4.78 is 0. The van der Waals surface area contributed by atoms with Crippen LogP contribution in [0.15, 0.2) is 0 Å². The normalized spacial score (nSPS) is 21.9. The van der Waals surface area contributed by atoms with Crippen LogP contribution in [0.25, 0.3) is 0 Å². The molecule has 0 N–H and O–H groups in total. The number of nitrogens with zero attached hydrogens (tertiary/aromatic N) is 1. The molecular weight excluding hydrogens is 230 g/mol. The van der Waals surface area contributed by atoms with E-state index in [-0.39, 0.29) is 0 Å². The summed E-state index contributed by atoms with van der Waals surface area (Å²) in [5.74, 6) is 2.47. The third kappa shape index (κ3) is 3.54. The molecule has 1 heteroatoms. The summed E-state index contributed by atoms with van der Waals surface area (Å²) in [6.07, 6.45) is 4.08. The lowest BCUT2D eigenvalue weighted by Gasteiger charge is -2.49. The van der Waals surface area contributed by atoms with Crippen LogP contribution in [0.4, 0.5) is 0 Å². The molecule has 0 bridgehead atoms. The highest BCUT2D eigenvalue weighted by molar-refractivity contribution is 4.92. The van der Waals surface area contributed by atoms with Crippen molar-refractivity contribution in [2.45, 2.75) is 80.2 Å². The monoisotopic (exact) mass is 267 g/mol. The zero-order chi connectivity index (χ0) is 14.8. The minimum atomic E-state index is 0.353. The van der Waals surface area contributed by atoms with Gasteiger partial charge in [-0.2, -0.15) is 0 Å². The molecule has 0 radical (unpaired) electrons. The number of hydrogen-bond acceptors (Lipinski definition) is 1. The quantitative estimate of drug-likeness (QED) is 0.661. The molecule has 1 unspecified atom stereocenters. The Kier molecular flexibility index (Phi) is 5.52. The fourth-order valence-corrected chi connectivity index (χ4v) is 3.49. The van der Waals surface area contributed by atoms with E-state index in [1.165, 1.54) is 32.4 Å². The van der Waals surface area contributed by atoms with Crippen LogP contribution in [-0.2, 0) is 0 Å². The van der Waals surface area contributed by atoms with Crippen molar-refractivity contribution < 1.29 is 0 Å². The van der Waals surface area contributed by atoms with Crippen LogP contribution in [-0.4, -0.2) is 23.5 Å². The summed E-state index contributed by atoms with van der Waals surface area (Å²) in [5.41, 5.74) is 0.855. The number of likely N-dealkylation sites (tertiary alicyclic amines) is 1. The maximum Gasteiger partial charge on any atom is 0.0176 e. The van der Waals surface area contributed by atoms with E-state index in [0.29, 0.717) is 11.0 Å². The number of piperidine rings is 1. The van der Waals surface area contributed by atoms with Gasteiger partial charge < -0.3 is 0 Å². The minimum Gasteiger partial charge on any atom is -0.298 e. The Bertz CT molecular complexity index is 269. The molecule has 19 heavy (non-hydrogen) atoms. The van der Waals surface area contributed by atoms with E-state index >= 15 is 0 Å². The zero-order valence-corrected chi connectivity index (χ0v) is 14.7. The molecule has 0 aromatic rings. The first-order chi connectivity index (χ1) is 8.64. The van der Waals surface area contributed by atoms with Gasteiger partial charge in [0.2, 0.25) is 0 Å². The van der Waals surface area contributed by atoms with Crippen molar-refractivity contribution in [2.24, 2.45) is 23.2 Å². The first-order valence-corrected chi connectivity index (χ1v) is 8.39. The van der Waals surface area contributed by atoms with Gasteiger partial charge in [-0.1, -0.05) is 48.0 Å². The van der Waals surface area contributed by atoms with Crippen LogP contribution in [0.2, 0.25) is 0 Å². The highest BCUT2D eigenvalue weighted by Gasteiger charge is 2.39. The van der Waals surface area contributed by atoms with Crippen molar-refractivity contribution in [3.8, 4) is 0 Å². The highest BCUT2D eigenvalue weighted by atomic mass is 15.2. The molecule has 0 spiro atoms. The highest BCUT2D eigenvalue weighted by Crippen LogP contribution is 2.43. The molecule has 1 fully saturated rings. The summed E-state index contributed by atoms with van der Waals surface area (Å²) in [6, 6.07) is 0. The zero-order valence-electron chi connectivity index (χ0n) is 14.7. The van der Waals surface area contributed by atoms with E-state index in [1.807, 2.05) is 0 Å². The fourth-order valence-electron chi connectivity index (χ4n) is 3.49. The molecule has 0 aliphatic carbocycles. The second-order valence-electron chi connectivity index (χ2n) is 8.20. The third-order valence-electron chi connectivity index (χ3n) is 6.66.